The number of hydrogen-bond acceptors (Lipinski definition) is 8. The maximum Gasteiger partial charge on any atom is 0.266 e. The number of aromatic nitrogens is 3. The number of alkyl halides is 2. The summed E-state index contributed by atoms with van der Waals surface area (Å²) in [7, 11) is 3.97. The SMILES string of the molecule is Cc1nc(N[C@H](C)c2cccc(C(F)F)c2F)c2cc(N3CCN(C(C)C)CC3)c(OCCN(C)C)nc2n1. The van der Waals surface area contributed by atoms with E-state index in [1.165, 1.54) is 12.1 Å². The maximum absolute atomic E-state index is 14.9. The number of fused-ring (bicyclic) bond motifs is 1. The van der Waals surface area contributed by atoms with Crippen molar-refractivity contribution in [2.75, 3.05) is 63.6 Å². The molecule has 11 heteroatoms. The van der Waals surface area contributed by atoms with Crippen LogP contribution in [0.25, 0.3) is 11.0 Å². The summed E-state index contributed by atoms with van der Waals surface area (Å²) in [5.41, 5.74) is 0.815. The van der Waals surface area contributed by atoms with E-state index in [-0.39, 0.29) is 5.56 Å². The minimum Gasteiger partial charge on any atom is -0.475 e. The minimum atomic E-state index is -2.90. The molecule has 1 aromatic carbocycles. The first-order valence-electron chi connectivity index (χ1n) is 13.3. The molecule has 0 amide bonds. The molecule has 1 saturated heterocycles. The molecular formula is C28H38F3N7O. The Morgan fingerprint density at radius 3 is 2.36 bits per heavy atom. The van der Waals surface area contributed by atoms with E-state index in [9.17, 15) is 13.2 Å². The van der Waals surface area contributed by atoms with Crippen LogP contribution in [0.15, 0.2) is 24.3 Å². The van der Waals surface area contributed by atoms with E-state index in [0.717, 1.165) is 44.5 Å². The van der Waals surface area contributed by atoms with Gasteiger partial charge in [0.25, 0.3) is 6.43 Å². The summed E-state index contributed by atoms with van der Waals surface area (Å²) in [6, 6.07) is 5.86. The van der Waals surface area contributed by atoms with Crippen molar-refractivity contribution in [1.29, 1.82) is 0 Å². The van der Waals surface area contributed by atoms with Crippen LogP contribution in [0.2, 0.25) is 0 Å². The molecule has 1 aliphatic heterocycles. The zero-order valence-electron chi connectivity index (χ0n) is 23.5. The van der Waals surface area contributed by atoms with Gasteiger partial charge in [-0.25, -0.2) is 23.1 Å². The normalized spacial score (nSPS) is 15.5. The fraction of sp³-hybridized carbons (Fsp3) is 0.536. The van der Waals surface area contributed by atoms with Crippen LogP contribution < -0.4 is 15.0 Å². The highest BCUT2D eigenvalue weighted by molar-refractivity contribution is 5.90. The molecule has 4 rings (SSSR count). The number of nitrogens with one attached hydrogen (secondary N) is 1. The van der Waals surface area contributed by atoms with Crippen LogP contribution in [0.3, 0.4) is 0 Å². The molecule has 0 saturated carbocycles. The second-order valence-corrected chi connectivity index (χ2v) is 10.5. The average molecular weight is 546 g/mol. The smallest absolute Gasteiger partial charge is 0.266 e. The summed E-state index contributed by atoms with van der Waals surface area (Å²) in [6.07, 6.45) is -2.90. The second-order valence-electron chi connectivity index (χ2n) is 10.5. The van der Waals surface area contributed by atoms with Gasteiger partial charge in [0.05, 0.1) is 17.0 Å². The van der Waals surface area contributed by atoms with Gasteiger partial charge in [-0.05, 0) is 47.9 Å². The summed E-state index contributed by atoms with van der Waals surface area (Å²) in [5, 5.41) is 3.88. The number of halogens is 3. The monoisotopic (exact) mass is 545 g/mol. The Balaban J connectivity index is 1.72. The first-order valence-corrected chi connectivity index (χ1v) is 13.3. The Morgan fingerprint density at radius 2 is 1.72 bits per heavy atom. The molecule has 3 heterocycles. The number of ether oxygens (including phenoxy) is 1. The molecule has 0 unspecified atom stereocenters. The van der Waals surface area contributed by atoms with Crippen molar-refractivity contribution in [3.63, 3.8) is 0 Å². The molecule has 1 aliphatic rings. The van der Waals surface area contributed by atoms with Crippen LogP contribution in [0.5, 0.6) is 5.88 Å². The number of aryl methyl sites for hydroxylation is 1. The molecule has 2 aromatic heterocycles. The van der Waals surface area contributed by atoms with Crippen molar-refractivity contribution < 1.29 is 17.9 Å². The predicted molar refractivity (Wildman–Crippen MR) is 148 cm³/mol. The lowest BCUT2D eigenvalue weighted by Gasteiger charge is -2.38. The predicted octanol–water partition coefficient (Wildman–Crippen LogP) is 5.05. The first-order chi connectivity index (χ1) is 18.5. The van der Waals surface area contributed by atoms with Gasteiger partial charge in [0.15, 0.2) is 5.65 Å². The zero-order valence-corrected chi connectivity index (χ0v) is 23.5. The van der Waals surface area contributed by atoms with E-state index in [1.807, 2.05) is 25.1 Å². The molecule has 0 aliphatic carbocycles. The van der Waals surface area contributed by atoms with E-state index in [4.69, 9.17) is 9.72 Å². The fourth-order valence-corrected chi connectivity index (χ4v) is 4.74. The summed E-state index contributed by atoms with van der Waals surface area (Å²) >= 11 is 0. The number of benzene rings is 1. The van der Waals surface area contributed by atoms with E-state index in [0.29, 0.717) is 41.2 Å². The first kappa shape index (κ1) is 28.8. The van der Waals surface area contributed by atoms with Crippen LogP contribution in [0.1, 0.15) is 50.2 Å². The van der Waals surface area contributed by atoms with Crippen molar-refractivity contribution in [3.8, 4) is 5.88 Å². The highest BCUT2D eigenvalue weighted by Gasteiger charge is 2.25. The van der Waals surface area contributed by atoms with E-state index >= 15 is 0 Å². The Hall–Kier alpha value is -3.18. The third-order valence-corrected chi connectivity index (χ3v) is 7.02. The lowest BCUT2D eigenvalue weighted by atomic mass is 10.0. The lowest BCUT2D eigenvalue weighted by molar-refractivity contribution is 0.146. The molecule has 0 bridgehead atoms. The summed E-state index contributed by atoms with van der Waals surface area (Å²) in [6.45, 7) is 12.5. The number of anilines is 2. The maximum atomic E-state index is 14.9. The summed E-state index contributed by atoms with van der Waals surface area (Å²) in [5.74, 6) is 0.529. The van der Waals surface area contributed by atoms with Crippen molar-refractivity contribution in [3.05, 3.63) is 47.0 Å². The number of nitrogens with zero attached hydrogens (tertiary/aromatic N) is 6. The van der Waals surface area contributed by atoms with Crippen molar-refractivity contribution in [2.24, 2.45) is 0 Å². The molecular weight excluding hydrogens is 507 g/mol. The molecule has 39 heavy (non-hydrogen) atoms. The standard InChI is InChI=1S/C28H38F3N7O/c1-17(2)37-10-12-38(13-11-37)23-16-22-26(32-18(3)20-8-7-9-21(24(20)29)25(30)31)33-19(4)34-27(22)35-28(23)39-15-14-36(5)6/h7-9,16-18,25H,10-15H2,1-6H3,(H,32,33,34,35)/t18-/m1/s1. The van der Waals surface area contributed by atoms with E-state index in [2.05, 4.69) is 38.9 Å². The fourth-order valence-electron chi connectivity index (χ4n) is 4.74. The molecule has 212 valence electrons. The molecule has 3 aromatic rings. The Labute approximate surface area is 228 Å². The highest BCUT2D eigenvalue weighted by Crippen LogP contribution is 2.35. The van der Waals surface area contributed by atoms with Gasteiger partial charge < -0.3 is 19.9 Å². The molecule has 8 nitrogen and oxygen atoms in total. The second kappa shape index (κ2) is 12.3. The van der Waals surface area contributed by atoms with Crippen LogP contribution >= 0.6 is 0 Å². The number of likely N-dealkylation sites (N-methyl/N-ethyl adjacent to an activating group) is 1. The van der Waals surface area contributed by atoms with Gasteiger partial charge in [-0.15, -0.1) is 0 Å². The topological polar surface area (TPSA) is 69.7 Å². The Bertz CT molecular complexity index is 1280. The summed E-state index contributed by atoms with van der Waals surface area (Å²) in [4.78, 5) is 20.7. The van der Waals surface area contributed by atoms with Crippen molar-refractivity contribution in [1.82, 2.24) is 24.8 Å². The van der Waals surface area contributed by atoms with E-state index in [1.54, 1.807) is 13.8 Å². The number of hydrogen-bond donors (Lipinski definition) is 1. The van der Waals surface area contributed by atoms with Crippen molar-refractivity contribution in [2.45, 2.75) is 46.2 Å². The molecule has 1 N–H and O–H groups in total. The van der Waals surface area contributed by atoms with Gasteiger partial charge >= 0.3 is 0 Å². The van der Waals surface area contributed by atoms with Gasteiger partial charge in [-0.2, -0.15) is 4.98 Å². The average Bonchev–Trinajstić information content (AvgIpc) is 2.88. The van der Waals surface area contributed by atoms with Crippen molar-refractivity contribution >= 4 is 22.5 Å². The summed E-state index contributed by atoms with van der Waals surface area (Å²) < 4.78 is 47.7. The third kappa shape index (κ3) is 6.70. The molecule has 0 spiro atoms. The molecule has 1 atom stereocenters. The minimum absolute atomic E-state index is 0.138. The van der Waals surface area contributed by atoms with Gasteiger partial charge in [-0.3, -0.25) is 4.90 Å². The molecule has 0 radical (unpaired) electrons. The number of pyridine rings is 1. The lowest BCUT2D eigenvalue weighted by Crippen LogP contribution is -2.49. The zero-order chi connectivity index (χ0) is 28.3. The number of piperazine rings is 1. The van der Waals surface area contributed by atoms with Crippen LogP contribution in [0.4, 0.5) is 24.7 Å². The quantitative estimate of drug-likeness (QED) is 0.380. The Kier molecular flexibility index (Phi) is 9.12. The van der Waals surface area contributed by atoms with Gasteiger partial charge in [0.2, 0.25) is 5.88 Å². The molecule has 1 fully saturated rings. The number of rotatable bonds is 10. The van der Waals surface area contributed by atoms with Crippen LogP contribution in [0, 0.1) is 12.7 Å². The van der Waals surface area contributed by atoms with Crippen LogP contribution in [-0.4, -0.2) is 84.2 Å². The Morgan fingerprint density at radius 1 is 1.03 bits per heavy atom. The van der Waals surface area contributed by atoms with Crippen LogP contribution in [-0.2, 0) is 0 Å². The highest BCUT2D eigenvalue weighted by atomic mass is 19.3. The third-order valence-electron chi connectivity index (χ3n) is 7.02. The largest absolute Gasteiger partial charge is 0.475 e. The van der Waals surface area contributed by atoms with Gasteiger partial charge in [-0.1, -0.05) is 18.2 Å². The van der Waals surface area contributed by atoms with Gasteiger partial charge in [0, 0.05) is 44.3 Å². The van der Waals surface area contributed by atoms with E-state index < -0.39 is 23.8 Å². The van der Waals surface area contributed by atoms with Gasteiger partial charge in [0.1, 0.15) is 29.8 Å².